The minimum atomic E-state index is -1.53. The fraction of sp³-hybridized carbons (Fsp3) is 0.154. The van der Waals surface area contributed by atoms with Crippen LogP contribution in [0.4, 0.5) is 4.79 Å². The molecule has 1 saturated heterocycles. The number of phenolic OH excluding ortho intramolecular Hbond substituents is 1. The van der Waals surface area contributed by atoms with Crippen molar-refractivity contribution in [2.24, 2.45) is 0 Å². The minimum Gasteiger partial charge on any atom is -0.548 e. The van der Waals surface area contributed by atoms with Crippen LogP contribution in [0.5, 0.6) is 11.5 Å². The van der Waals surface area contributed by atoms with E-state index in [-0.39, 0.29) is 21.4 Å². The van der Waals surface area contributed by atoms with Gasteiger partial charge in [0.15, 0.2) is 11.5 Å². The molecule has 9 heteroatoms. The molecule has 0 saturated carbocycles. The summed E-state index contributed by atoms with van der Waals surface area (Å²) in [7, 11) is 1.34. The third kappa shape index (κ3) is 3.18. The summed E-state index contributed by atoms with van der Waals surface area (Å²) in [4.78, 5) is 34.7. The molecule has 0 radical (unpaired) electrons. The highest BCUT2D eigenvalue weighted by atomic mass is 35.5. The minimum absolute atomic E-state index is 0.0135. The Morgan fingerprint density at radius 1 is 1.50 bits per heavy atom. The van der Waals surface area contributed by atoms with Gasteiger partial charge in [-0.15, -0.1) is 0 Å². The quantitative estimate of drug-likeness (QED) is 0.808. The van der Waals surface area contributed by atoms with E-state index in [0.717, 1.165) is 0 Å². The number of imide groups is 1. The van der Waals surface area contributed by atoms with Gasteiger partial charge in [0.25, 0.3) is 11.1 Å². The number of rotatable bonds is 4. The van der Waals surface area contributed by atoms with Gasteiger partial charge in [-0.05, 0) is 35.5 Å². The molecule has 22 heavy (non-hydrogen) atoms. The van der Waals surface area contributed by atoms with Crippen LogP contribution in [0.1, 0.15) is 5.56 Å². The van der Waals surface area contributed by atoms with Crippen LogP contribution in [0.2, 0.25) is 5.02 Å². The lowest BCUT2D eigenvalue weighted by molar-refractivity contribution is -0.305. The number of halogens is 1. The first-order valence-electron chi connectivity index (χ1n) is 5.85. The molecule has 0 unspecified atom stereocenters. The molecule has 0 aromatic heterocycles. The number of hydrogen-bond donors (Lipinski definition) is 1. The van der Waals surface area contributed by atoms with E-state index in [1.807, 2.05) is 0 Å². The van der Waals surface area contributed by atoms with Crippen LogP contribution in [0.15, 0.2) is 17.0 Å². The normalized spacial score (nSPS) is 16.5. The molecule has 116 valence electrons. The number of carbonyl (C=O) groups is 3. The second-order valence-electron chi connectivity index (χ2n) is 4.19. The Balaban J connectivity index is 2.34. The number of phenols is 1. The van der Waals surface area contributed by atoms with Crippen LogP contribution < -0.4 is 9.84 Å². The van der Waals surface area contributed by atoms with Crippen molar-refractivity contribution in [2.45, 2.75) is 0 Å². The fourth-order valence-electron chi connectivity index (χ4n) is 1.75. The zero-order valence-electron chi connectivity index (χ0n) is 11.2. The van der Waals surface area contributed by atoms with Gasteiger partial charge >= 0.3 is 0 Å². The van der Waals surface area contributed by atoms with Crippen molar-refractivity contribution in [1.29, 1.82) is 0 Å². The Labute approximate surface area is 134 Å². The number of carboxylic acids is 1. The molecule has 0 spiro atoms. The first kappa shape index (κ1) is 16.2. The topological polar surface area (TPSA) is 107 Å². The molecular formula is C13H9ClNO6S-. The van der Waals surface area contributed by atoms with Gasteiger partial charge in [-0.1, -0.05) is 11.6 Å². The Kier molecular flexibility index (Phi) is 4.62. The Morgan fingerprint density at radius 2 is 2.18 bits per heavy atom. The molecule has 1 aliphatic heterocycles. The van der Waals surface area contributed by atoms with Crippen LogP contribution >= 0.6 is 23.4 Å². The molecule has 2 amide bonds. The fourth-order valence-corrected chi connectivity index (χ4v) is 2.81. The summed E-state index contributed by atoms with van der Waals surface area (Å²) in [6.45, 7) is -0.804. The van der Waals surface area contributed by atoms with Crippen LogP contribution in [-0.4, -0.2) is 40.8 Å². The number of benzene rings is 1. The third-order valence-corrected chi connectivity index (χ3v) is 3.92. The Bertz CT molecular complexity index is 702. The van der Waals surface area contributed by atoms with Gasteiger partial charge in [0.1, 0.15) is 0 Å². The summed E-state index contributed by atoms with van der Waals surface area (Å²) in [6, 6.07) is 2.81. The van der Waals surface area contributed by atoms with Crippen molar-refractivity contribution in [3.8, 4) is 11.5 Å². The van der Waals surface area contributed by atoms with Gasteiger partial charge in [-0.25, -0.2) is 0 Å². The van der Waals surface area contributed by atoms with E-state index >= 15 is 0 Å². The summed E-state index contributed by atoms with van der Waals surface area (Å²) in [6.07, 6.45) is 1.36. The first-order chi connectivity index (χ1) is 10.3. The zero-order valence-corrected chi connectivity index (χ0v) is 12.7. The number of aromatic hydroxyl groups is 1. The smallest absolute Gasteiger partial charge is 0.293 e. The molecule has 1 heterocycles. The lowest BCUT2D eigenvalue weighted by Crippen LogP contribution is -2.40. The SMILES string of the molecule is COc1cc(/C=C2/SC(=O)N(CC(=O)[O-])C2=O)cc(Cl)c1O. The highest BCUT2D eigenvalue weighted by Gasteiger charge is 2.34. The molecule has 0 aliphatic carbocycles. The van der Waals surface area contributed by atoms with Gasteiger partial charge in [0, 0.05) is 0 Å². The third-order valence-electron chi connectivity index (χ3n) is 2.73. The number of carbonyl (C=O) groups excluding carboxylic acids is 3. The second-order valence-corrected chi connectivity index (χ2v) is 5.59. The van der Waals surface area contributed by atoms with E-state index < -0.39 is 23.7 Å². The molecule has 2 rings (SSSR count). The summed E-state index contributed by atoms with van der Waals surface area (Å²) in [5.41, 5.74) is 0.415. The van der Waals surface area contributed by atoms with E-state index in [9.17, 15) is 24.6 Å². The number of amides is 2. The largest absolute Gasteiger partial charge is 0.548 e. The molecule has 1 fully saturated rings. The maximum atomic E-state index is 12.0. The van der Waals surface area contributed by atoms with Crippen molar-refractivity contribution in [3.63, 3.8) is 0 Å². The van der Waals surface area contributed by atoms with Gasteiger partial charge in [0.05, 0.1) is 29.6 Å². The van der Waals surface area contributed by atoms with Gasteiger partial charge in [0.2, 0.25) is 0 Å². The van der Waals surface area contributed by atoms with Crippen LogP contribution in [0.3, 0.4) is 0 Å². The highest BCUT2D eigenvalue weighted by molar-refractivity contribution is 8.18. The van der Waals surface area contributed by atoms with Crippen LogP contribution in [0, 0.1) is 0 Å². The summed E-state index contributed by atoms with van der Waals surface area (Å²) in [5, 5.41) is 19.5. The standard InChI is InChI=1S/C13H10ClNO6S/c1-21-8-3-6(2-7(14)11(8)18)4-9-12(19)15(5-10(16)17)13(20)22-9/h2-4,18H,5H2,1H3,(H,16,17)/p-1/b9-4+. The first-order valence-corrected chi connectivity index (χ1v) is 7.04. The lowest BCUT2D eigenvalue weighted by Gasteiger charge is -2.12. The number of ether oxygens (including phenoxy) is 1. The zero-order chi connectivity index (χ0) is 16.4. The van der Waals surface area contributed by atoms with Crippen LogP contribution in [0.25, 0.3) is 6.08 Å². The Morgan fingerprint density at radius 3 is 2.77 bits per heavy atom. The number of nitrogens with zero attached hydrogens (tertiary/aromatic N) is 1. The summed E-state index contributed by atoms with van der Waals surface area (Å²) >= 11 is 6.43. The van der Waals surface area contributed by atoms with E-state index in [0.29, 0.717) is 22.2 Å². The van der Waals surface area contributed by atoms with Crippen molar-refractivity contribution in [2.75, 3.05) is 13.7 Å². The molecule has 1 N–H and O–H groups in total. The number of methoxy groups -OCH3 is 1. The van der Waals surface area contributed by atoms with Crippen molar-refractivity contribution < 1.29 is 29.3 Å². The predicted molar refractivity (Wildman–Crippen MR) is 77.4 cm³/mol. The van der Waals surface area contributed by atoms with E-state index in [1.165, 1.54) is 25.3 Å². The van der Waals surface area contributed by atoms with Gasteiger partial charge in [-0.2, -0.15) is 0 Å². The molecule has 1 aliphatic rings. The average Bonchev–Trinajstić information content (AvgIpc) is 2.70. The Hall–Kier alpha value is -2.19. The number of aliphatic carboxylic acids is 1. The average molecular weight is 343 g/mol. The van der Waals surface area contributed by atoms with Gasteiger partial charge in [-0.3, -0.25) is 14.5 Å². The van der Waals surface area contributed by atoms with E-state index in [2.05, 4.69) is 0 Å². The summed E-state index contributed by atoms with van der Waals surface area (Å²) < 4.78 is 4.93. The number of carboxylic acid groups (broad SMARTS) is 1. The monoisotopic (exact) mass is 342 g/mol. The lowest BCUT2D eigenvalue weighted by atomic mass is 10.2. The van der Waals surface area contributed by atoms with Crippen molar-refractivity contribution >= 4 is 46.6 Å². The molecule has 1 aromatic carbocycles. The van der Waals surface area contributed by atoms with Crippen molar-refractivity contribution in [3.05, 3.63) is 27.6 Å². The maximum Gasteiger partial charge on any atom is 0.293 e. The molecule has 1 aromatic rings. The molecule has 0 bridgehead atoms. The molecule has 0 atom stereocenters. The van der Waals surface area contributed by atoms with E-state index in [1.54, 1.807) is 0 Å². The van der Waals surface area contributed by atoms with Crippen molar-refractivity contribution in [1.82, 2.24) is 4.90 Å². The van der Waals surface area contributed by atoms with E-state index in [4.69, 9.17) is 16.3 Å². The van der Waals surface area contributed by atoms with Gasteiger partial charge < -0.3 is 19.7 Å². The maximum absolute atomic E-state index is 12.0. The highest BCUT2D eigenvalue weighted by Crippen LogP contribution is 2.37. The number of hydrogen-bond acceptors (Lipinski definition) is 7. The molecular weight excluding hydrogens is 334 g/mol. The molecule has 7 nitrogen and oxygen atoms in total. The van der Waals surface area contributed by atoms with Crippen LogP contribution in [-0.2, 0) is 9.59 Å². The number of thioether (sulfide) groups is 1. The second kappa shape index (κ2) is 6.29. The predicted octanol–water partition coefficient (Wildman–Crippen LogP) is 0.840. The summed E-state index contributed by atoms with van der Waals surface area (Å²) in [5.74, 6) is -2.40.